The Morgan fingerprint density at radius 1 is 1.14 bits per heavy atom. The lowest BCUT2D eigenvalue weighted by atomic mass is 9.99. The van der Waals surface area contributed by atoms with E-state index in [0.29, 0.717) is 35.0 Å². The smallest absolute Gasteiger partial charge is 0.300 e. The van der Waals surface area contributed by atoms with Crippen LogP contribution in [0.3, 0.4) is 0 Å². The van der Waals surface area contributed by atoms with Gasteiger partial charge in [-0.05, 0) is 53.9 Å². The summed E-state index contributed by atoms with van der Waals surface area (Å²) in [6.45, 7) is 1.22. The molecule has 180 valence electrons. The molecule has 1 amide bonds. The van der Waals surface area contributed by atoms with Crippen molar-refractivity contribution in [2.75, 3.05) is 30.0 Å². The number of likely N-dealkylation sites (N-methyl/N-ethyl adjacent to an activating group) is 1. The van der Waals surface area contributed by atoms with E-state index in [1.54, 1.807) is 30.3 Å². The fraction of sp³-hybridized carbons (Fsp3) is 0.167. The summed E-state index contributed by atoms with van der Waals surface area (Å²) in [5.41, 5.74) is 1.40. The number of benzene rings is 2. The van der Waals surface area contributed by atoms with E-state index in [4.69, 9.17) is 9.88 Å². The highest BCUT2D eigenvalue weighted by Crippen LogP contribution is 2.44. The molecule has 1 atom stereocenters. The Morgan fingerprint density at radius 3 is 2.54 bits per heavy atom. The first-order valence-corrected chi connectivity index (χ1v) is 13.0. The number of ether oxygens (including phenoxy) is 1. The Hall–Kier alpha value is -3.67. The third-order valence-corrected chi connectivity index (χ3v) is 7.88. The zero-order valence-electron chi connectivity index (χ0n) is 18.5. The quantitative estimate of drug-likeness (QED) is 0.313. The standard InChI is InChI=1S/C24H21N3O6S2/c1-26-10-11-33-18-9-4-14(13-17(18)26)22(28)20-21(19-3-2-12-34-19)27(24(30)23(20)29)15-5-7-16(8-6-15)35(25,31)32/h2-9,12-13,21,28H,10-11H2,1H3,(H2,25,31,32)/b22-20-. The highest BCUT2D eigenvalue weighted by molar-refractivity contribution is 7.89. The Morgan fingerprint density at radius 2 is 1.89 bits per heavy atom. The minimum atomic E-state index is -3.93. The molecule has 35 heavy (non-hydrogen) atoms. The second-order valence-corrected chi connectivity index (χ2v) is 10.7. The molecular formula is C24H21N3O6S2. The summed E-state index contributed by atoms with van der Waals surface area (Å²) in [6, 6.07) is 13.1. The molecule has 3 N–H and O–H groups in total. The number of ketones is 1. The zero-order chi connectivity index (χ0) is 24.9. The number of fused-ring (bicyclic) bond motifs is 1. The van der Waals surface area contributed by atoms with Gasteiger partial charge in [0, 0.05) is 23.2 Å². The van der Waals surface area contributed by atoms with Gasteiger partial charge in [0.15, 0.2) is 0 Å². The van der Waals surface area contributed by atoms with Gasteiger partial charge in [0.05, 0.1) is 22.7 Å². The monoisotopic (exact) mass is 511 g/mol. The van der Waals surface area contributed by atoms with Crippen LogP contribution >= 0.6 is 11.3 Å². The van der Waals surface area contributed by atoms with Crippen molar-refractivity contribution in [1.82, 2.24) is 0 Å². The molecule has 0 aliphatic carbocycles. The Labute approximate surface area is 205 Å². The molecule has 11 heteroatoms. The molecule has 2 aromatic carbocycles. The van der Waals surface area contributed by atoms with Gasteiger partial charge in [0.2, 0.25) is 10.0 Å². The van der Waals surface area contributed by atoms with Gasteiger partial charge in [-0.25, -0.2) is 13.6 Å². The predicted molar refractivity (Wildman–Crippen MR) is 132 cm³/mol. The number of anilines is 2. The molecule has 0 radical (unpaired) electrons. The molecule has 0 bridgehead atoms. The molecule has 2 aliphatic rings. The van der Waals surface area contributed by atoms with Crippen LogP contribution in [0.5, 0.6) is 5.75 Å². The number of thiophene rings is 1. The minimum absolute atomic E-state index is 0.0488. The first-order valence-electron chi connectivity index (χ1n) is 10.6. The molecule has 0 saturated carbocycles. The summed E-state index contributed by atoms with van der Waals surface area (Å²) >= 11 is 1.33. The Balaban J connectivity index is 1.65. The van der Waals surface area contributed by atoms with E-state index in [2.05, 4.69) is 0 Å². The third-order valence-electron chi connectivity index (χ3n) is 6.03. The molecule has 2 aliphatic heterocycles. The number of Topliss-reactive ketones (excluding diaryl/α,β-unsaturated/α-hetero) is 1. The number of aliphatic hydroxyl groups is 1. The van der Waals surface area contributed by atoms with E-state index in [9.17, 15) is 23.1 Å². The molecule has 1 aromatic heterocycles. The number of carbonyl (C=O) groups excluding carboxylic acids is 2. The zero-order valence-corrected chi connectivity index (χ0v) is 20.2. The summed E-state index contributed by atoms with van der Waals surface area (Å²) in [7, 11) is -2.02. The summed E-state index contributed by atoms with van der Waals surface area (Å²) < 4.78 is 29.0. The first kappa shape index (κ1) is 23.1. The highest BCUT2D eigenvalue weighted by Gasteiger charge is 2.47. The van der Waals surface area contributed by atoms with Crippen LogP contribution in [0.1, 0.15) is 16.5 Å². The average molecular weight is 512 g/mol. The number of primary sulfonamides is 1. The van der Waals surface area contributed by atoms with Crippen molar-refractivity contribution in [2.45, 2.75) is 10.9 Å². The topological polar surface area (TPSA) is 130 Å². The maximum Gasteiger partial charge on any atom is 0.300 e. The Bertz CT molecular complexity index is 1460. The van der Waals surface area contributed by atoms with E-state index in [1.165, 1.54) is 40.5 Å². The molecule has 1 fully saturated rings. The minimum Gasteiger partial charge on any atom is -0.507 e. The van der Waals surface area contributed by atoms with Crippen LogP contribution in [0.15, 0.2) is 70.4 Å². The van der Waals surface area contributed by atoms with Crippen LogP contribution in [-0.2, 0) is 19.6 Å². The van der Waals surface area contributed by atoms with E-state index >= 15 is 0 Å². The summed E-state index contributed by atoms with van der Waals surface area (Å²) in [5, 5.41) is 18.3. The maximum absolute atomic E-state index is 13.2. The first-order chi connectivity index (χ1) is 16.7. The fourth-order valence-electron chi connectivity index (χ4n) is 4.26. The van der Waals surface area contributed by atoms with Crippen molar-refractivity contribution in [2.24, 2.45) is 5.14 Å². The van der Waals surface area contributed by atoms with E-state index in [0.717, 1.165) is 5.69 Å². The van der Waals surface area contributed by atoms with Crippen LogP contribution in [0.4, 0.5) is 11.4 Å². The summed E-state index contributed by atoms with van der Waals surface area (Å²) in [5.74, 6) is -1.29. The van der Waals surface area contributed by atoms with Crippen LogP contribution in [0, 0.1) is 0 Å². The lowest BCUT2D eigenvalue weighted by molar-refractivity contribution is -0.132. The summed E-state index contributed by atoms with van der Waals surface area (Å²) in [4.78, 5) is 30.2. The molecule has 5 rings (SSSR count). The van der Waals surface area contributed by atoms with Crippen molar-refractivity contribution in [1.29, 1.82) is 0 Å². The highest BCUT2D eigenvalue weighted by atomic mass is 32.2. The number of nitrogens with two attached hydrogens (primary N) is 1. The average Bonchev–Trinajstić information content (AvgIpc) is 3.45. The van der Waals surface area contributed by atoms with Gasteiger partial charge in [-0.15, -0.1) is 11.3 Å². The third kappa shape index (κ3) is 3.97. The van der Waals surface area contributed by atoms with E-state index in [1.807, 2.05) is 17.3 Å². The number of nitrogens with zero attached hydrogens (tertiary/aromatic N) is 2. The van der Waals surface area contributed by atoms with Gasteiger partial charge >= 0.3 is 0 Å². The SMILES string of the molecule is CN1CCOc2ccc(/C(O)=C3/C(=O)C(=O)N(c4ccc(S(N)(=O)=O)cc4)C3c3cccs3)cc21. The van der Waals surface area contributed by atoms with Crippen molar-refractivity contribution < 1.29 is 27.9 Å². The molecule has 1 saturated heterocycles. The predicted octanol–water partition coefficient (Wildman–Crippen LogP) is 2.85. The molecule has 9 nitrogen and oxygen atoms in total. The molecule has 1 unspecified atom stereocenters. The van der Waals surface area contributed by atoms with Crippen molar-refractivity contribution >= 4 is 50.2 Å². The van der Waals surface area contributed by atoms with E-state index < -0.39 is 27.8 Å². The molecule has 3 heterocycles. The number of rotatable bonds is 4. The lowest BCUT2D eigenvalue weighted by Gasteiger charge is -2.28. The van der Waals surface area contributed by atoms with Crippen LogP contribution in [-0.4, -0.2) is 45.4 Å². The van der Waals surface area contributed by atoms with Crippen molar-refractivity contribution in [3.8, 4) is 5.75 Å². The van der Waals surface area contributed by atoms with Gasteiger partial charge in [-0.1, -0.05) is 6.07 Å². The number of amides is 1. The summed E-state index contributed by atoms with van der Waals surface area (Å²) in [6.07, 6.45) is 0. The van der Waals surface area contributed by atoms with Gasteiger partial charge in [-0.2, -0.15) is 0 Å². The fourth-order valence-corrected chi connectivity index (χ4v) is 5.60. The number of sulfonamides is 1. The Kier molecular flexibility index (Phi) is 5.62. The van der Waals surface area contributed by atoms with Crippen molar-refractivity contribution in [3.05, 3.63) is 76.0 Å². The van der Waals surface area contributed by atoms with Gasteiger partial charge in [-0.3, -0.25) is 14.5 Å². The number of hydrogen-bond acceptors (Lipinski definition) is 8. The van der Waals surface area contributed by atoms with Crippen LogP contribution in [0.25, 0.3) is 5.76 Å². The largest absolute Gasteiger partial charge is 0.507 e. The van der Waals surface area contributed by atoms with E-state index in [-0.39, 0.29) is 16.2 Å². The van der Waals surface area contributed by atoms with Gasteiger partial charge in [0.25, 0.3) is 11.7 Å². The number of aliphatic hydroxyl groups excluding tert-OH is 1. The van der Waals surface area contributed by atoms with Crippen LogP contribution < -0.4 is 19.7 Å². The number of carbonyl (C=O) groups is 2. The normalized spacial score (nSPS) is 19.5. The second kappa shape index (κ2) is 8.52. The molecule has 3 aromatic rings. The maximum atomic E-state index is 13.2. The number of hydrogen-bond donors (Lipinski definition) is 2. The molecular weight excluding hydrogens is 490 g/mol. The van der Waals surface area contributed by atoms with Gasteiger partial charge < -0.3 is 14.7 Å². The lowest BCUT2D eigenvalue weighted by Crippen LogP contribution is -2.29. The molecule has 0 spiro atoms. The second-order valence-electron chi connectivity index (χ2n) is 8.18. The van der Waals surface area contributed by atoms with Crippen molar-refractivity contribution in [3.63, 3.8) is 0 Å². The van der Waals surface area contributed by atoms with Crippen LogP contribution in [0.2, 0.25) is 0 Å². The van der Waals surface area contributed by atoms with Gasteiger partial charge in [0.1, 0.15) is 24.2 Å².